The maximum absolute atomic E-state index is 15.0. The number of ether oxygens (including phenoxy) is 4. The average molecular weight is 908 g/mol. The molecular formula is C45H43F2N9O6S2. The van der Waals surface area contributed by atoms with E-state index in [4.69, 9.17) is 28.9 Å². The molecule has 2 atom stereocenters. The number of aliphatic imine (C=N–C) groups is 2. The molecular weight excluding hydrogens is 865 g/mol. The van der Waals surface area contributed by atoms with Gasteiger partial charge in [0.05, 0.1) is 55.8 Å². The van der Waals surface area contributed by atoms with E-state index >= 15 is 4.39 Å². The van der Waals surface area contributed by atoms with Gasteiger partial charge in [0, 0.05) is 85.8 Å². The fourth-order valence-corrected chi connectivity index (χ4v) is 8.79. The first-order valence-electron chi connectivity index (χ1n) is 20.7. The summed E-state index contributed by atoms with van der Waals surface area (Å²) in [4.78, 5) is 51.1. The van der Waals surface area contributed by atoms with Crippen molar-refractivity contribution < 1.29 is 37.3 Å². The summed E-state index contributed by atoms with van der Waals surface area (Å²) in [6.45, 7) is 7.04. The second kappa shape index (κ2) is 21.0. The first-order valence-corrected chi connectivity index (χ1v) is 22.4. The van der Waals surface area contributed by atoms with E-state index in [-0.39, 0.29) is 41.9 Å². The molecule has 4 aromatic rings. The van der Waals surface area contributed by atoms with Gasteiger partial charge in [0.25, 0.3) is 0 Å². The van der Waals surface area contributed by atoms with Gasteiger partial charge in [-0.15, -0.1) is 22.7 Å². The van der Waals surface area contributed by atoms with Gasteiger partial charge in [0.1, 0.15) is 30.3 Å². The minimum absolute atomic E-state index is 0.0213. The Hall–Kier alpha value is -6.19. The number of esters is 2. The SMILES string of the molecule is CCOC(=O)C1=C(CN2CCOCC2)NC(c2nccs2)=NC1c1ccc(F)cc1C#CCCOC(=O)C1=C(CN2CCOCC2)NC(c2nccs2)=NC1c1ccc(F)cc1C#N. The van der Waals surface area contributed by atoms with Crippen molar-refractivity contribution >= 4 is 46.3 Å². The van der Waals surface area contributed by atoms with Gasteiger partial charge in [-0.2, -0.15) is 5.26 Å². The first-order chi connectivity index (χ1) is 31.3. The van der Waals surface area contributed by atoms with Crippen LogP contribution in [0.25, 0.3) is 0 Å². The van der Waals surface area contributed by atoms with Gasteiger partial charge in [0.15, 0.2) is 21.7 Å². The minimum Gasteiger partial charge on any atom is -0.463 e. The Labute approximate surface area is 376 Å². The van der Waals surface area contributed by atoms with E-state index in [1.165, 1.54) is 46.9 Å². The fraction of sp³-hybridized carbons (Fsp3) is 0.356. The number of morpholine rings is 2. The highest BCUT2D eigenvalue weighted by Gasteiger charge is 2.37. The van der Waals surface area contributed by atoms with Gasteiger partial charge in [-0.1, -0.05) is 24.0 Å². The van der Waals surface area contributed by atoms with Gasteiger partial charge in [-0.3, -0.25) is 19.8 Å². The highest BCUT2D eigenvalue weighted by atomic mass is 32.1. The van der Waals surface area contributed by atoms with E-state index in [0.29, 0.717) is 110 Å². The summed E-state index contributed by atoms with van der Waals surface area (Å²) in [5, 5.41) is 21.5. The number of amidine groups is 2. The molecule has 15 nitrogen and oxygen atoms in total. The van der Waals surface area contributed by atoms with Crippen molar-refractivity contribution in [2.75, 3.05) is 78.9 Å². The van der Waals surface area contributed by atoms with Crippen molar-refractivity contribution in [1.29, 1.82) is 5.26 Å². The summed E-state index contributed by atoms with van der Waals surface area (Å²) in [5.41, 5.74) is 2.61. The van der Waals surface area contributed by atoms with E-state index in [9.17, 15) is 19.2 Å². The zero-order valence-electron chi connectivity index (χ0n) is 34.8. The maximum Gasteiger partial charge on any atom is 0.338 e. The van der Waals surface area contributed by atoms with Crippen LogP contribution in [0.2, 0.25) is 0 Å². The first kappa shape index (κ1) is 44.4. The van der Waals surface area contributed by atoms with Crippen LogP contribution in [0.3, 0.4) is 0 Å². The van der Waals surface area contributed by atoms with Crippen LogP contribution in [0.4, 0.5) is 8.78 Å². The standard InChI is InChI=1S/C45H43F2N9O6S2/c1-2-61-44(57)36-34(26-55-12-17-59-18-13-55)51-40(42-49-10-21-63-42)53-38(36)32-8-6-30(46)23-28(32)5-3-4-16-62-45(58)37-35(27-56-14-19-60-20-15-56)52-41(43-50-11-22-64-43)54-39(37)33-9-7-31(47)24-29(33)25-48/h6-11,21-24,38-39H,2,4,12-20,26-27H2,1H3,(H,51,53)(H,52,54). The molecule has 0 radical (unpaired) electrons. The molecule has 4 aliphatic heterocycles. The lowest BCUT2D eigenvalue weighted by atomic mass is 9.91. The van der Waals surface area contributed by atoms with Gasteiger partial charge in [0.2, 0.25) is 0 Å². The molecule has 0 spiro atoms. The monoisotopic (exact) mass is 907 g/mol. The Morgan fingerprint density at radius 2 is 1.28 bits per heavy atom. The number of rotatable bonds is 13. The van der Waals surface area contributed by atoms with Crippen LogP contribution in [0.5, 0.6) is 0 Å². The number of carbonyl (C=O) groups excluding carboxylic acids is 2. The van der Waals surface area contributed by atoms with Crippen LogP contribution in [0.1, 0.15) is 57.7 Å². The summed E-state index contributed by atoms with van der Waals surface area (Å²) in [5.74, 6) is 4.51. The predicted molar refractivity (Wildman–Crippen MR) is 234 cm³/mol. The van der Waals surface area contributed by atoms with E-state index in [1.54, 1.807) is 30.8 Å². The summed E-state index contributed by atoms with van der Waals surface area (Å²) in [6.07, 6.45) is 3.35. The largest absolute Gasteiger partial charge is 0.463 e. The molecule has 8 rings (SSSR count). The third-order valence-corrected chi connectivity index (χ3v) is 12.2. The summed E-state index contributed by atoms with van der Waals surface area (Å²) >= 11 is 2.73. The molecule has 2 fully saturated rings. The maximum atomic E-state index is 15.0. The molecule has 2 aromatic carbocycles. The molecule has 2 aromatic heterocycles. The summed E-state index contributed by atoms with van der Waals surface area (Å²) in [6, 6.07) is 8.03. The second-order valence-electron chi connectivity index (χ2n) is 14.7. The number of benzene rings is 2. The predicted octanol–water partition coefficient (Wildman–Crippen LogP) is 4.65. The van der Waals surface area contributed by atoms with Gasteiger partial charge in [-0.05, 0) is 42.3 Å². The number of nitrogens with one attached hydrogen (secondary N) is 2. The molecule has 2 N–H and O–H groups in total. The van der Waals surface area contributed by atoms with Gasteiger partial charge >= 0.3 is 11.9 Å². The lowest BCUT2D eigenvalue weighted by molar-refractivity contribution is -0.140. The molecule has 0 amide bonds. The van der Waals surface area contributed by atoms with Crippen LogP contribution in [0, 0.1) is 34.8 Å². The van der Waals surface area contributed by atoms with E-state index in [1.807, 2.05) is 5.38 Å². The number of aromatic nitrogens is 2. The Morgan fingerprint density at radius 3 is 1.77 bits per heavy atom. The van der Waals surface area contributed by atoms with E-state index in [0.717, 1.165) is 6.07 Å². The third kappa shape index (κ3) is 10.4. The highest BCUT2D eigenvalue weighted by Crippen LogP contribution is 2.37. The van der Waals surface area contributed by atoms with Crippen LogP contribution < -0.4 is 10.6 Å². The number of halogens is 2. The van der Waals surface area contributed by atoms with Gasteiger partial charge in [-0.25, -0.2) is 28.3 Å². The molecule has 0 bridgehead atoms. The van der Waals surface area contributed by atoms with Crippen LogP contribution in [0.15, 0.2) is 92.1 Å². The topological polar surface area (TPSA) is 176 Å². The molecule has 64 heavy (non-hydrogen) atoms. The lowest BCUT2D eigenvalue weighted by Gasteiger charge is -2.32. The van der Waals surface area contributed by atoms with Crippen LogP contribution >= 0.6 is 22.7 Å². The van der Waals surface area contributed by atoms with Crippen molar-refractivity contribution in [2.24, 2.45) is 9.98 Å². The second-order valence-corrected chi connectivity index (χ2v) is 16.5. The molecule has 2 saturated heterocycles. The molecule has 0 aliphatic carbocycles. The van der Waals surface area contributed by atoms with Crippen molar-refractivity contribution in [3.63, 3.8) is 0 Å². The molecule has 330 valence electrons. The number of nitrogens with zero attached hydrogens (tertiary/aromatic N) is 7. The number of nitriles is 1. The number of hydrogen-bond donors (Lipinski definition) is 2. The lowest BCUT2D eigenvalue weighted by Crippen LogP contribution is -2.43. The molecule has 6 heterocycles. The Morgan fingerprint density at radius 1 is 0.781 bits per heavy atom. The summed E-state index contributed by atoms with van der Waals surface area (Å²) in [7, 11) is 0. The Balaban J connectivity index is 1.09. The highest BCUT2D eigenvalue weighted by molar-refractivity contribution is 7.12. The molecule has 19 heteroatoms. The Bertz CT molecular complexity index is 2590. The number of hydrogen-bond acceptors (Lipinski definition) is 17. The van der Waals surface area contributed by atoms with Crippen molar-refractivity contribution in [2.45, 2.75) is 25.4 Å². The molecule has 0 saturated carbocycles. The molecule has 2 unspecified atom stereocenters. The van der Waals surface area contributed by atoms with E-state index in [2.05, 4.69) is 48.3 Å². The Kier molecular flexibility index (Phi) is 14.6. The fourth-order valence-electron chi connectivity index (χ4n) is 7.61. The van der Waals surface area contributed by atoms with Crippen molar-refractivity contribution in [1.82, 2.24) is 30.4 Å². The quantitative estimate of drug-likeness (QED) is 0.108. The summed E-state index contributed by atoms with van der Waals surface area (Å²) < 4.78 is 52.1. The van der Waals surface area contributed by atoms with Crippen molar-refractivity contribution in [3.05, 3.63) is 126 Å². The normalized spacial score (nSPS) is 19.3. The third-order valence-electron chi connectivity index (χ3n) is 10.6. The van der Waals surface area contributed by atoms with E-state index < -0.39 is 35.7 Å². The van der Waals surface area contributed by atoms with Crippen LogP contribution in [-0.2, 0) is 28.5 Å². The zero-order valence-corrected chi connectivity index (χ0v) is 36.4. The van der Waals surface area contributed by atoms with Crippen LogP contribution in [-0.4, -0.2) is 122 Å². The minimum atomic E-state index is -1.03. The number of carbonyl (C=O) groups is 2. The number of thiazole rings is 2. The van der Waals surface area contributed by atoms with Gasteiger partial charge < -0.3 is 29.6 Å². The van der Waals surface area contributed by atoms with Crippen molar-refractivity contribution in [3.8, 4) is 17.9 Å². The molecule has 4 aliphatic rings. The zero-order chi connectivity index (χ0) is 44.4. The average Bonchev–Trinajstić information content (AvgIpc) is 4.06. The smallest absolute Gasteiger partial charge is 0.338 e.